The number of carbonyl (C=O) groups is 1. The lowest BCUT2D eigenvalue weighted by Gasteiger charge is -2.16. The van der Waals surface area contributed by atoms with E-state index in [1.165, 1.54) is 18.7 Å². The molecule has 8 nitrogen and oxygen atoms in total. The molecule has 27 heavy (non-hydrogen) atoms. The molecule has 0 unspecified atom stereocenters. The number of ether oxygens (including phenoxy) is 1. The van der Waals surface area contributed by atoms with Crippen molar-refractivity contribution in [1.29, 1.82) is 0 Å². The van der Waals surface area contributed by atoms with Crippen LogP contribution in [0.1, 0.15) is 29.5 Å². The van der Waals surface area contributed by atoms with Gasteiger partial charge in [0.1, 0.15) is 12.4 Å². The zero-order valence-electron chi connectivity index (χ0n) is 14.6. The quantitative estimate of drug-likeness (QED) is 0.679. The molecule has 0 N–H and O–H groups in total. The normalized spacial score (nSPS) is 16.7. The molecule has 0 saturated carbocycles. The lowest BCUT2D eigenvalue weighted by atomic mass is 10.3. The van der Waals surface area contributed by atoms with Gasteiger partial charge in [-0.25, -0.2) is 4.98 Å². The van der Waals surface area contributed by atoms with E-state index in [1.54, 1.807) is 24.0 Å². The topological polar surface area (TPSA) is 94.5 Å². The van der Waals surface area contributed by atoms with Crippen molar-refractivity contribution in [1.82, 2.24) is 20.0 Å². The SMILES string of the molecule is CCc1ncnc(O[C@H]2CCN(C(=O)c3cc(-c4ccco4)on3)C2)c1F. The molecule has 1 saturated heterocycles. The Hall–Kier alpha value is -3.23. The number of likely N-dealkylation sites (tertiary alicyclic amines) is 1. The zero-order valence-corrected chi connectivity index (χ0v) is 14.6. The standard InChI is InChI=1S/C18H17FN4O4/c1-2-12-16(19)17(21-10-20-12)26-11-5-6-23(9-11)18(24)13-8-15(27-22-13)14-4-3-7-25-14/h3-4,7-8,10-11H,2,5-6,9H2,1H3/t11-/m0/s1. The molecule has 0 radical (unpaired) electrons. The second-order valence-corrected chi connectivity index (χ2v) is 6.13. The molecular weight excluding hydrogens is 355 g/mol. The van der Waals surface area contributed by atoms with Crippen molar-refractivity contribution in [2.45, 2.75) is 25.9 Å². The molecule has 1 atom stereocenters. The first-order valence-corrected chi connectivity index (χ1v) is 8.61. The van der Waals surface area contributed by atoms with Gasteiger partial charge in [-0.1, -0.05) is 12.1 Å². The zero-order chi connectivity index (χ0) is 18.8. The summed E-state index contributed by atoms with van der Waals surface area (Å²) in [4.78, 5) is 21.9. The van der Waals surface area contributed by atoms with E-state index in [1.807, 2.05) is 0 Å². The van der Waals surface area contributed by atoms with Crippen LogP contribution in [0, 0.1) is 5.82 Å². The Morgan fingerprint density at radius 1 is 1.41 bits per heavy atom. The minimum absolute atomic E-state index is 0.0808. The molecule has 4 heterocycles. The Morgan fingerprint density at radius 2 is 2.30 bits per heavy atom. The van der Waals surface area contributed by atoms with Crippen LogP contribution in [0.25, 0.3) is 11.5 Å². The smallest absolute Gasteiger partial charge is 0.276 e. The first-order chi connectivity index (χ1) is 13.2. The van der Waals surface area contributed by atoms with Crippen molar-refractivity contribution < 1.29 is 22.9 Å². The summed E-state index contributed by atoms with van der Waals surface area (Å²) in [5.41, 5.74) is 0.488. The maximum Gasteiger partial charge on any atom is 0.276 e. The van der Waals surface area contributed by atoms with Crippen molar-refractivity contribution in [3.05, 3.63) is 48.0 Å². The first-order valence-electron chi connectivity index (χ1n) is 8.61. The number of furan rings is 1. The van der Waals surface area contributed by atoms with E-state index in [2.05, 4.69) is 15.1 Å². The van der Waals surface area contributed by atoms with Crippen LogP contribution in [0.4, 0.5) is 4.39 Å². The van der Waals surface area contributed by atoms with Crippen LogP contribution in [0.3, 0.4) is 0 Å². The number of halogens is 1. The number of carbonyl (C=O) groups excluding carboxylic acids is 1. The van der Waals surface area contributed by atoms with Crippen LogP contribution in [0.5, 0.6) is 5.88 Å². The van der Waals surface area contributed by atoms with Crippen molar-refractivity contribution in [2.75, 3.05) is 13.1 Å². The fourth-order valence-electron chi connectivity index (χ4n) is 2.96. The maximum absolute atomic E-state index is 14.2. The van der Waals surface area contributed by atoms with Gasteiger partial charge < -0.3 is 18.6 Å². The lowest BCUT2D eigenvalue weighted by Crippen LogP contribution is -2.31. The monoisotopic (exact) mass is 372 g/mol. The molecular formula is C18H17FN4O4. The highest BCUT2D eigenvalue weighted by atomic mass is 19.1. The van der Waals surface area contributed by atoms with Gasteiger partial charge >= 0.3 is 0 Å². The molecule has 0 bridgehead atoms. The highest BCUT2D eigenvalue weighted by Crippen LogP contribution is 2.24. The minimum Gasteiger partial charge on any atom is -0.470 e. The maximum atomic E-state index is 14.2. The number of amides is 1. The predicted octanol–water partition coefficient (Wildman–Crippen LogP) is 2.72. The van der Waals surface area contributed by atoms with Gasteiger partial charge in [-0.3, -0.25) is 4.79 Å². The summed E-state index contributed by atoms with van der Waals surface area (Å²) in [6.45, 7) is 2.59. The number of rotatable bonds is 5. The van der Waals surface area contributed by atoms with Crippen LogP contribution >= 0.6 is 0 Å². The lowest BCUT2D eigenvalue weighted by molar-refractivity contribution is 0.0759. The molecule has 1 fully saturated rings. The van der Waals surface area contributed by atoms with Crippen LogP contribution in [-0.2, 0) is 6.42 Å². The van der Waals surface area contributed by atoms with Crippen molar-refractivity contribution in [3.63, 3.8) is 0 Å². The third-order valence-corrected chi connectivity index (χ3v) is 4.37. The van der Waals surface area contributed by atoms with E-state index in [0.717, 1.165) is 0 Å². The number of hydrogen-bond acceptors (Lipinski definition) is 7. The molecule has 0 aromatic carbocycles. The summed E-state index contributed by atoms with van der Waals surface area (Å²) < 4.78 is 30.3. The molecule has 9 heteroatoms. The minimum atomic E-state index is -0.552. The molecule has 0 aliphatic carbocycles. The van der Waals surface area contributed by atoms with Crippen LogP contribution in [-0.4, -0.2) is 45.1 Å². The van der Waals surface area contributed by atoms with E-state index >= 15 is 0 Å². The summed E-state index contributed by atoms with van der Waals surface area (Å²) in [7, 11) is 0. The number of aromatic nitrogens is 3. The predicted molar refractivity (Wildman–Crippen MR) is 90.5 cm³/mol. The highest BCUT2D eigenvalue weighted by Gasteiger charge is 2.31. The van der Waals surface area contributed by atoms with Gasteiger partial charge in [-0.05, 0) is 18.6 Å². The average molecular weight is 372 g/mol. The second-order valence-electron chi connectivity index (χ2n) is 6.13. The molecule has 140 valence electrons. The molecule has 3 aromatic rings. The average Bonchev–Trinajstić information content (AvgIpc) is 3.43. The number of nitrogens with zero attached hydrogens (tertiary/aromatic N) is 4. The number of aryl methyl sites for hydroxylation is 1. The fourth-order valence-corrected chi connectivity index (χ4v) is 2.96. The van der Waals surface area contributed by atoms with Gasteiger partial charge in [0, 0.05) is 19.0 Å². The Bertz CT molecular complexity index is 941. The highest BCUT2D eigenvalue weighted by molar-refractivity contribution is 5.93. The van der Waals surface area contributed by atoms with Gasteiger partial charge in [0.2, 0.25) is 11.6 Å². The van der Waals surface area contributed by atoms with Crippen LogP contribution in [0.2, 0.25) is 0 Å². The summed E-state index contributed by atoms with van der Waals surface area (Å²) in [5.74, 6) is -0.0345. The molecule has 1 aliphatic rings. The summed E-state index contributed by atoms with van der Waals surface area (Å²) in [6.07, 6.45) is 3.46. The third kappa shape index (κ3) is 3.40. The van der Waals surface area contributed by atoms with Crippen molar-refractivity contribution in [3.8, 4) is 17.4 Å². The Labute approximate surface area is 153 Å². The van der Waals surface area contributed by atoms with E-state index in [4.69, 9.17) is 13.7 Å². The van der Waals surface area contributed by atoms with Gasteiger partial charge in [-0.2, -0.15) is 9.37 Å². The van der Waals surface area contributed by atoms with Gasteiger partial charge in [-0.15, -0.1) is 0 Å². The number of hydrogen-bond donors (Lipinski definition) is 0. The second kappa shape index (κ2) is 7.18. The molecule has 1 aliphatic heterocycles. The van der Waals surface area contributed by atoms with E-state index in [-0.39, 0.29) is 23.6 Å². The Kier molecular flexibility index (Phi) is 4.57. The van der Waals surface area contributed by atoms with E-state index < -0.39 is 5.82 Å². The van der Waals surface area contributed by atoms with E-state index in [0.29, 0.717) is 43.1 Å². The van der Waals surface area contributed by atoms with Gasteiger partial charge in [0.15, 0.2) is 11.5 Å². The Balaban J connectivity index is 1.41. The Morgan fingerprint density at radius 3 is 3.07 bits per heavy atom. The van der Waals surface area contributed by atoms with Crippen molar-refractivity contribution in [2.24, 2.45) is 0 Å². The fraction of sp³-hybridized carbons (Fsp3) is 0.333. The first kappa shape index (κ1) is 17.2. The molecule has 1 amide bonds. The van der Waals surface area contributed by atoms with Gasteiger partial charge in [0.05, 0.1) is 18.5 Å². The summed E-state index contributed by atoms with van der Waals surface area (Å²) in [6, 6.07) is 4.97. The molecule has 4 rings (SSSR count). The third-order valence-electron chi connectivity index (χ3n) is 4.37. The van der Waals surface area contributed by atoms with E-state index in [9.17, 15) is 9.18 Å². The summed E-state index contributed by atoms with van der Waals surface area (Å²) in [5, 5.41) is 3.81. The van der Waals surface area contributed by atoms with Crippen LogP contribution in [0.15, 0.2) is 39.7 Å². The van der Waals surface area contributed by atoms with Crippen molar-refractivity contribution >= 4 is 5.91 Å². The van der Waals surface area contributed by atoms with Crippen LogP contribution < -0.4 is 4.74 Å². The molecule has 3 aromatic heterocycles. The largest absolute Gasteiger partial charge is 0.470 e. The summed E-state index contributed by atoms with van der Waals surface area (Å²) >= 11 is 0. The van der Waals surface area contributed by atoms with Gasteiger partial charge in [0.25, 0.3) is 11.8 Å². The molecule has 0 spiro atoms.